The smallest absolute Gasteiger partial charge is 0.299 e. The van der Waals surface area contributed by atoms with Gasteiger partial charge in [0.2, 0.25) is 17.2 Å². The summed E-state index contributed by atoms with van der Waals surface area (Å²) < 4.78 is 36.8. The van der Waals surface area contributed by atoms with Gasteiger partial charge in [-0.05, 0) is 79.4 Å². The maximum atomic E-state index is 13.2. The second-order valence-electron chi connectivity index (χ2n) is 9.29. The van der Waals surface area contributed by atoms with E-state index in [1.54, 1.807) is 56.3 Å². The van der Waals surface area contributed by atoms with E-state index >= 15 is 0 Å². The Labute approximate surface area is 252 Å². The number of aromatic nitrogens is 3. The average Bonchev–Trinajstić information content (AvgIpc) is 2.95. The number of hydrogen-bond acceptors (Lipinski definition) is 14. The maximum absolute atomic E-state index is 13.2. The number of halogens is 1. The third-order valence-corrected chi connectivity index (χ3v) is 7.51. The zero-order chi connectivity index (χ0) is 31.1. The summed E-state index contributed by atoms with van der Waals surface area (Å²) in [5.41, 5.74) is 0.544. The summed E-state index contributed by atoms with van der Waals surface area (Å²) in [7, 11) is -2.85. The topological polar surface area (TPSA) is 192 Å². The molecule has 1 heterocycles. The van der Waals surface area contributed by atoms with Crippen molar-refractivity contribution in [2.75, 3.05) is 43.6 Å². The molecule has 0 atom stereocenters. The van der Waals surface area contributed by atoms with Crippen molar-refractivity contribution in [3.63, 3.8) is 0 Å². The van der Waals surface area contributed by atoms with Crippen LogP contribution in [0.15, 0.2) is 63.7 Å². The highest BCUT2D eigenvalue weighted by molar-refractivity contribution is 7.87. The third kappa shape index (κ3) is 7.82. The molecular weight excluding hydrogens is 602 g/mol. The van der Waals surface area contributed by atoms with Crippen molar-refractivity contribution in [3.05, 3.63) is 53.8 Å². The van der Waals surface area contributed by atoms with Crippen LogP contribution in [0.3, 0.4) is 0 Å². The van der Waals surface area contributed by atoms with E-state index in [0.717, 1.165) is 0 Å². The molecule has 0 spiro atoms. The Hall–Kier alpha value is -4.15. The number of hydrogen-bond donors (Lipinski definition) is 4. The van der Waals surface area contributed by atoms with E-state index in [2.05, 4.69) is 30.5 Å². The normalized spacial score (nSPS) is 11.9. The minimum Gasteiger partial charge on any atom is -0.505 e. The van der Waals surface area contributed by atoms with Crippen LogP contribution in [0.4, 0.5) is 29.0 Å². The second kappa shape index (κ2) is 13.9. The number of aliphatic hydroxyl groups excluding tert-OH is 2. The molecule has 4 rings (SSSR count). The van der Waals surface area contributed by atoms with Gasteiger partial charge in [-0.25, -0.2) is 0 Å². The number of aliphatic hydroxyl groups is 2. The molecule has 43 heavy (non-hydrogen) atoms. The van der Waals surface area contributed by atoms with Crippen LogP contribution in [0.5, 0.6) is 11.5 Å². The van der Waals surface area contributed by atoms with Crippen LogP contribution in [0, 0.1) is 0 Å². The van der Waals surface area contributed by atoms with Crippen molar-refractivity contribution < 1.29 is 32.7 Å². The zero-order valence-electron chi connectivity index (χ0n) is 23.5. The molecule has 16 heteroatoms. The van der Waals surface area contributed by atoms with Crippen LogP contribution < -0.4 is 15.0 Å². The van der Waals surface area contributed by atoms with Gasteiger partial charge in [0, 0.05) is 24.2 Å². The monoisotopic (exact) mass is 631 g/mol. The van der Waals surface area contributed by atoms with Gasteiger partial charge in [0.1, 0.15) is 16.3 Å². The second-order valence-corrected chi connectivity index (χ2v) is 11.2. The van der Waals surface area contributed by atoms with Crippen LogP contribution in [-0.4, -0.2) is 78.2 Å². The minimum atomic E-state index is -4.37. The zero-order valence-corrected chi connectivity index (χ0v) is 25.0. The number of nitrogens with one attached hydrogen (secondary N) is 1. The average molecular weight is 632 g/mol. The Balaban J connectivity index is 1.77. The molecule has 14 nitrogen and oxygen atoms in total. The molecule has 0 amide bonds. The standard InChI is InChI=1S/C27H30ClN7O7S/c1-16(2)42-43(39,40)22-15-17-14-19(29-26-30-25(28)31-27(32-26)35(10-12-36)11-13-37)6-9-21(17)24(38)23(22)34-33-18-4-7-20(41-3)8-5-18/h4-9,14-16,36-38H,10-13H2,1-3H3,(H,29,30,31,32). The quantitative estimate of drug-likeness (QED) is 0.120. The Morgan fingerprint density at radius 2 is 1.70 bits per heavy atom. The summed E-state index contributed by atoms with van der Waals surface area (Å²) in [4.78, 5) is 13.6. The minimum absolute atomic E-state index is 0.0559. The molecule has 0 aliphatic rings. The lowest BCUT2D eigenvalue weighted by Crippen LogP contribution is -2.31. The molecule has 0 radical (unpaired) electrons. The molecule has 0 aliphatic heterocycles. The number of fused-ring (bicyclic) bond motifs is 1. The lowest BCUT2D eigenvalue weighted by atomic mass is 10.1. The Bertz CT molecular complexity index is 1720. The molecular formula is C27H30ClN7O7S. The summed E-state index contributed by atoms with van der Waals surface area (Å²) in [6.45, 7) is 3.04. The SMILES string of the molecule is COc1ccc(N=Nc2c(S(=O)(=O)OC(C)C)cc3cc(Nc4nc(Cl)nc(N(CCO)CCO)n4)ccc3c2O)cc1. The van der Waals surface area contributed by atoms with E-state index in [-0.39, 0.29) is 54.1 Å². The van der Waals surface area contributed by atoms with Crippen LogP contribution in [0.2, 0.25) is 5.28 Å². The third-order valence-electron chi connectivity index (χ3n) is 5.85. The number of methoxy groups -OCH3 is 1. The fourth-order valence-electron chi connectivity index (χ4n) is 4.00. The summed E-state index contributed by atoms with van der Waals surface area (Å²) in [6, 6.07) is 12.7. The van der Waals surface area contributed by atoms with Gasteiger partial charge < -0.3 is 30.3 Å². The summed E-state index contributed by atoms with van der Waals surface area (Å²) in [5, 5.41) is 41.6. The maximum Gasteiger partial charge on any atom is 0.299 e. The van der Waals surface area contributed by atoms with E-state index in [0.29, 0.717) is 27.9 Å². The lowest BCUT2D eigenvalue weighted by Gasteiger charge is -2.20. The van der Waals surface area contributed by atoms with Crippen molar-refractivity contribution >= 4 is 61.5 Å². The van der Waals surface area contributed by atoms with Crippen molar-refractivity contribution in [2.24, 2.45) is 10.2 Å². The number of benzene rings is 3. The molecule has 3 aromatic carbocycles. The van der Waals surface area contributed by atoms with E-state index in [9.17, 15) is 23.7 Å². The molecule has 4 N–H and O–H groups in total. The first-order chi connectivity index (χ1) is 20.5. The number of phenolic OH excluding ortho intramolecular Hbond substituents is 1. The van der Waals surface area contributed by atoms with Crippen molar-refractivity contribution in [1.29, 1.82) is 0 Å². The van der Waals surface area contributed by atoms with E-state index in [4.69, 9.17) is 20.5 Å². The van der Waals surface area contributed by atoms with Crippen LogP contribution >= 0.6 is 11.6 Å². The van der Waals surface area contributed by atoms with Gasteiger partial charge in [-0.15, -0.1) is 5.11 Å². The van der Waals surface area contributed by atoms with Gasteiger partial charge in [0.05, 0.1) is 32.1 Å². The lowest BCUT2D eigenvalue weighted by molar-refractivity contribution is 0.249. The first-order valence-corrected chi connectivity index (χ1v) is 14.8. The highest BCUT2D eigenvalue weighted by Crippen LogP contribution is 2.43. The fraction of sp³-hybridized carbons (Fsp3) is 0.296. The highest BCUT2D eigenvalue weighted by Gasteiger charge is 2.26. The number of nitrogens with zero attached hydrogens (tertiary/aromatic N) is 6. The van der Waals surface area contributed by atoms with Crippen LogP contribution in [0.1, 0.15) is 13.8 Å². The van der Waals surface area contributed by atoms with E-state index in [1.807, 2.05) is 0 Å². The Morgan fingerprint density at radius 3 is 2.33 bits per heavy atom. The number of ether oxygens (including phenoxy) is 1. The van der Waals surface area contributed by atoms with Gasteiger partial charge in [0.25, 0.3) is 10.1 Å². The molecule has 0 aliphatic carbocycles. The Morgan fingerprint density at radius 1 is 1.00 bits per heavy atom. The van der Waals surface area contributed by atoms with Crippen molar-refractivity contribution in [1.82, 2.24) is 15.0 Å². The van der Waals surface area contributed by atoms with Crippen LogP contribution in [0.25, 0.3) is 10.8 Å². The van der Waals surface area contributed by atoms with E-state index < -0.39 is 22.0 Å². The van der Waals surface area contributed by atoms with Gasteiger partial charge in [-0.1, -0.05) is 0 Å². The molecule has 4 aromatic rings. The molecule has 0 unspecified atom stereocenters. The van der Waals surface area contributed by atoms with Crippen LogP contribution in [-0.2, 0) is 14.3 Å². The fourth-order valence-corrected chi connectivity index (χ4v) is 5.41. The van der Waals surface area contributed by atoms with Crippen molar-refractivity contribution in [3.8, 4) is 11.5 Å². The molecule has 0 saturated heterocycles. The number of anilines is 3. The molecule has 0 fully saturated rings. The predicted octanol–water partition coefficient (Wildman–Crippen LogP) is 4.46. The first kappa shape index (κ1) is 31.8. The summed E-state index contributed by atoms with van der Waals surface area (Å²) in [5.74, 6) is 0.380. The largest absolute Gasteiger partial charge is 0.505 e. The number of azo groups is 1. The van der Waals surface area contributed by atoms with Gasteiger partial charge in [-0.3, -0.25) is 4.18 Å². The summed E-state index contributed by atoms with van der Waals surface area (Å²) in [6.07, 6.45) is -0.679. The van der Waals surface area contributed by atoms with Gasteiger partial charge in [0.15, 0.2) is 5.75 Å². The first-order valence-electron chi connectivity index (χ1n) is 13.0. The number of rotatable bonds is 13. The highest BCUT2D eigenvalue weighted by atomic mass is 35.5. The molecule has 0 bridgehead atoms. The number of phenols is 1. The molecule has 0 saturated carbocycles. The predicted molar refractivity (Wildman–Crippen MR) is 161 cm³/mol. The summed E-state index contributed by atoms with van der Waals surface area (Å²) >= 11 is 6.10. The molecule has 228 valence electrons. The van der Waals surface area contributed by atoms with Crippen molar-refractivity contribution in [2.45, 2.75) is 24.8 Å². The number of aromatic hydroxyl groups is 1. The van der Waals surface area contributed by atoms with Gasteiger partial charge >= 0.3 is 0 Å². The Kier molecular flexibility index (Phi) is 10.3. The van der Waals surface area contributed by atoms with E-state index in [1.165, 1.54) is 18.1 Å². The molecule has 1 aromatic heterocycles. The van der Waals surface area contributed by atoms with Gasteiger partial charge in [-0.2, -0.15) is 28.5 Å².